The smallest absolute Gasteiger partial charge is 0.270 e. The number of rotatable bonds is 8. The van der Waals surface area contributed by atoms with Gasteiger partial charge in [-0.25, -0.2) is 0 Å². The molecule has 1 amide bonds. The van der Waals surface area contributed by atoms with Crippen molar-refractivity contribution in [2.45, 2.75) is 25.4 Å². The van der Waals surface area contributed by atoms with Gasteiger partial charge in [0.15, 0.2) is 0 Å². The molecule has 7 heteroatoms. The Morgan fingerprint density at radius 3 is 2.42 bits per heavy atom. The molecule has 1 N–H and O–H groups in total. The molecular formula is C26H30N4O3. The Morgan fingerprint density at radius 2 is 1.79 bits per heavy atom. The molecule has 3 heterocycles. The van der Waals surface area contributed by atoms with Gasteiger partial charge in [-0.2, -0.15) is 0 Å². The molecule has 0 saturated carbocycles. The number of piperidine rings is 1. The van der Waals surface area contributed by atoms with Crippen molar-refractivity contribution >= 4 is 5.91 Å². The topological polar surface area (TPSA) is 76.6 Å². The zero-order valence-corrected chi connectivity index (χ0v) is 19.1. The number of carbonyl (C=O) groups is 1. The van der Waals surface area contributed by atoms with Gasteiger partial charge in [0.1, 0.15) is 17.2 Å². The SMILES string of the molecule is COc1ccc(OC)c(CN2CCC([C@@H](NC(=O)c3ccccn3)c3ccccn3)CC2)c1. The van der Waals surface area contributed by atoms with Gasteiger partial charge in [-0.3, -0.25) is 19.7 Å². The molecular weight excluding hydrogens is 416 g/mol. The zero-order chi connectivity index (χ0) is 23.0. The lowest BCUT2D eigenvalue weighted by atomic mass is 9.87. The standard InChI is InChI=1S/C26H30N4O3/c1-32-21-9-10-24(33-2)20(17-21)18-30-15-11-19(12-16-30)25(22-7-3-5-13-27-22)29-26(31)23-8-4-6-14-28-23/h3-10,13-14,17,19,25H,11-12,15-16,18H2,1-2H3,(H,29,31)/t25-/m1/s1. The third-order valence-corrected chi connectivity index (χ3v) is 6.18. The van der Waals surface area contributed by atoms with Gasteiger partial charge in [-0.05, 0) is 74.3 Å². The quantitative estimate of drug-likeness (QED) is 0.566. The molecule has 1 atom stereocenters. The highest BCUT2D eigenvalue weighted by molar-refractivity contribution is 5.92. The van der Waals surface area contributed by atoms with Crippen LogP contribution < -0.4 is 14.8 Å². The molecule has 3 aromatic rings. The van der Waals surface area contributed by atoms with Crippen LogP contribution in [0.5, 0.6) is 11.5 Å². The Morgan fingerprint density at radius 1 is 1.03 bits per heavy atom. The lowest BCUT2D eigenvalue weighted by molar-refractivity contribution is 0.0883. The van der Waals surface area contributed by atoms with Crippen molar-refractivity contribution in [3.05, 3.63) is 83.9 Å². The number of amides is 1. The maximum Gasteiger partial charge on any atom is 0.270 e. The predicted molar refractivity (Wildman–Crippen MR) is 126 cm³/mol. The fourth-order valence-corrected chi connectivity index (χ4v) is 4.40. The van der Waals surface area contributed by atoms with Gasteiger partial charge in [0.05, 0.1) is 26.0 Å². The first kappa shape index (κ1) is 22.7. The number of ether oxygens (including phenoxy) is 2. The third-order valence-electron chi connectivity index (χ3n) is 6.18. The monoisotopic (exact) mass is 446 g/mol. The predicted octanol–water partition coefficient (Wildman–Crippen LogP) is 3.88. The van der Waals surface area contributed by atoms with E-state index in [4.69, 9.17) is 9.47 Å². The molecule has 0 radical (unpaired) electrons. The van der Waals surface area contributed by atoms with Crippen LogP contribution in [0.2, 0.25) is 0 Å². The molecule has 1 saturated heterocycles. The maximum absolute atomic E-state index is 12.9. The average molecular weight is 447 g/mol. The van der Waals surface area contributed by atoms with Crippen LogP contribution in [0, 0.1) is 5.92 Å². The van der Waals surface area contributed by atoms with E-state index < -0.39 is 0 Å². The summed E-state index contributed by atoms with van der Waals surface area (Å²) < 4.78 is 10.9. The van der Waals surface area contributed by atoms with Gasteiger partial charge in [0.25, 0.3) is 5.91 Å². The summed E-state index contributed by atoms with van der Waals surface area (Å²) in [7, 11) is 3.37. The van der Waals surface area contributed by atoms with E-state index in [1.165, 1.54) is 0 Å². The van der Waals surface area contributed by atoms with Gasteiger partial charge >= 0.3 is 0 Å². The highest BCUT2D eigenvalue weighted by Gasteiger charge is 2.30. The molecule has 1 aromatic carbocycles. The van der Waals surface area contributed by atoms with Crippen LogP contribution in [0.15, 0.2) is 67.0 Å². The lowest BCUT2D eigenvalue weighted by Gasteiger charge is -2.36. The Balaban J connectivity index is 1.45. The minimum atomic E-state index is -0.171. The second-order valence-electron chi connectivity index (χ2n) is 8.21. The van der Waals surface area contributed by atoms with Crippen molar-refractivity contribution in [2.24, 2.45) is 5.92 Å². The number of aromatic nitrogens is 2. The molecule has 0 bridgehead atoms. The molecule has 0 spiro atoms. The minimum absolute atomic E-state index is 0.158. The molecule has 2 aromatic heterocycles. The van der Waals surface area contributed by atoms with Crippen molar-refractivity contribution in [3.63, 3.8) is 0 Å². The number of methoxy groups -OCH3 is 2. The first-order chi connectivity index (χ1) is 16.2. The number of benzene rings is 1. The Kier molecular flexibility index (Phi) is 7.52. The Bertz CT molecular complexity index is 1040. The van der Waals surface area contributed by atoms with Gasteiger partial charge in [0.2, 0.25) is 0 Å². The van der Waals surface area contributed by atoms with E-state index in [2.05, 4.69) is 20.2 Å². The number of hydrogen-bond acceptors (Lipinski definition) is 6. The van der Waals surface area contributed by atoms with Crippen molar-refractivity contribution in [3.8, 4) is 11.5 Å². The number of hydrogen-bond donors (Lipinski definition) is 1. The van der Waals surface area contributed by atoms with E-state index in [-0.39, 0.29) is 17.9 Å². The number of pyridine rings is 2. The summed E-state index contributed by atoms with van der Waals surface area (Å²) in [5, 5.41) is 3.20. The van der Waals surface area contributed by atoms with Crippen LogP contribution >= 0.6 is 0 Å². The molecule has 1 aliphatic rings. The minimum Gasteiger partial charge on any atom is -0.497 e. The van der Waals surface area contributed by atoms with Gasteiger partial charge in [0, 0.05) is 24.5 Å². The third kappa shape index (κ3) is 5.68. The summed E-state index contributed by atoms with van der Waals surface area (Å²) in [6.45, 7) is 2.64. The lowest BCUT2D eigenvalue weighted by Crippen LogP contribution is -2.41. The van der Waals surface area contributed by atoms with E-state index in [0.717, 1.165) is 55.2 Å². The van der Waals surface area contributed by atoms with E-state index in [1.807, 2.05) is 42.5 Å². The summed E-state index contributed by atoms with van der Waals surface area (Å²) in [4.78, 5) is 24.0. The van der Waals surface area contributed by atoms with Gasteiger partial charge in [-0.1, -0.05) is 12.1 Å². The summed E-state index contributed by atoms with van der Waals surface area (Å²) in [6.07, 6.45) is 5.32. The highest BCUT2D eigenvalue weighted by Crippen LogP contribution is 2.32. The largest absolute Gasteiger partial charge is 0.497 e. The fourth-order valence-electron chi connectivity index (χ4n) is 4.40. The number of carbonyl (C=O) groups excluding carboxylic acids is 1. The molecule has 1 fully saturated rings. The van der Waals surface area contributed by atoms with E-state index in [1.54, 1.807) is 38.7 Å². The summed E-state index contributed by atoms with van der Waals surface area (Å²) in [5.41, 5.74) is 2.41. The molecule has 0 aliphatic carbocycles. The van der Waals surface area contributed by atoms with Crippen LogP contribution in [0.25, 0.3) is 0 Å². The van der Waals surface area contributed by atoms with E-state index >= 15 is 0 Å². The van der Waals surface area contributed by atoms with Crippen LogP contribution in [0.4, 0.5) is 0 Å². The summed E-state index contributed by atoms with van der Waals surface area (Å²) in [5.74, 6) is 1.81. The molecule has 4 rings (SSSR count). The molecule has 172 valence electrons. The first-order valence-corrected chi connectivity index (χ1v) is 11.2. The Labute approximate surface area is 194 Å². The summed E-state index contributed by atoms with van der Waals surface area (Å²) in [6, 6.07) is 16.9. The molecule has 7 nitrogen and oxygen atoms in total. The highest BCUT2D eigenvalue weighted by atomic mass is 16.5. The maximum atomic E-state index is 12.9. The van der Waals surface area contributed by atoms with Crippen LogP contribution in [-0.2, 0) is 6.54 Å². The summed E-state index contributed by atoms with van der Waals surface area (Å²) >= 11 is 0. The second kappa shape index (κ2) is 10.9. The van der Waals surface area contributed by atoms with Crippen LogP contribution in [-0.4, -0.2) is 48.1 Å². The van der Waals surface area contributed by atoms with Gasteiger partial charge < -0.3 is 14.8 Å². The second-order valence-corrected chi connectivity index (χ2v) is 8.21. The molecule has 33 heavy (non-hydrogen) atoms. The van der Waals surface area contributed by atoms with E-state index in [9.17, 15) is 4.79 Å². The normalized spacial score (nSPS) is 15.6. The van der Waals surface area contributed by atoms with Crippen LogP contribution in [0.3, 0.4) is 0 Å². The number of nitrogens with one attached hydrogen (secondary N) is 1. The molecule has 0 unspecified atom stereocenters. The first-order valence-electron chi connectivity index (χ1n) is 11.2. The van der Waals surface area contributed by atoms with Crippen LogP contribution in [0.1, 0.15) is 40.6 Å². The van der Waals surface area contributed by atoms with Gasteiger partial charge in [-0.15, -0.1) is 0 Å². The average Bonchev–Trinajstić information content (AvgIpc) is 2.88. The Hall–Kier alpha value is -3.45. The number of nitrogens with zero attached hydrogens (tertiary/aromatic N) is 3. The molecule has 1 aliphatic heterocycles. The fraction of sp³-hybridized carbons (Fsp3) is 0.346. The van der Waals surface area contributed by atoms with Crippen molar-refractivity contribution in [2.75, 3.05) is 27.3 Å². The zero-order valence-electron chi connectivity index (χ0n) is 19.1. The van der Waals surface area contributed by atoms with Crippen molar-refractivity contribution in [1.29, 1.82) is 0 Å². The van der Waals surface area contributed by atoms with Crippen molar-refractivity contribution < 1.29 is 14.3 Å². The van der Waals surface area contributed by atoms with Crippen molar-refractivity contribution in [1.82, 2.24) is 20.2 Å². The number of likely N-dealkylation sites (tertiary alicyclic amines) is 1. The van der Waals surface area contributed by atoms with E-state index in [0.29, 0.717) is 5.69 Å².